The third kappa shape index (κ3) is 4.64. The van der Waals surface area contributed by atoms with Gasteiger partial charge in [0.15, 0.2) is 5.82 Å². The zero-order chi connectivity index (χ0) is 20.2. The molecular formula is C21H26N6O2. The Morgan fingerprint density at radius 1 is 1.31 bits per heavy atom. The van der Waals surface area contributed by atoms with Crippen LogP contribution in [-0.4, -0.2) is 31.8 Å². The van der Waals surface area contributed by atoms with Crippen molar-refractivity contribution >= 4 is 6.03 Å². The van der Waals surface area contributed by atoms with Crippen LogP contribution in [0.4, 0.5) is 4.79 Å². The third-order valence-corrected chi connectivity index (χ3v) is 5.06. The first kappa shape index (κ1) is 19.2. The summed E-state index contributed by atoms with van der Waals surface area (Å²) in [7, 11) is 0. The number of nitrogens with zero attached hydrogens (tertiary/aromatic N) is 4. The molecule has 2 N–H and O–H groups in total. The zero-order valence-corrected chi connectivity index (χ0v) is 16.7. The minimum Gasteiger partial charge on any atom is -0.447 e. The molecule has 2 aromatic heterocycles. The van der Waals surface area contributed by atoms with E-state index >= 15 is 0 Å². The fraction of sp³-hybridized carbons (Fsp3) is 0.429. The number of amides is 2. The number of urea groups is 1. The van der Waals surface area contributed by atoms with Gasteiger partial charge >= 0.3 is 6.03 Å². The summed E-state index contributed by atoms with van der Waals surface area (Å²) in [5, 5.41) is 10.7. The van der Waals surface area contributed by atoms with Crippen molar-refractivity contribution in [2.75, 3.05) is 0 Å². The summed E-state index contributed by atoms with van der Waals surface area (Å²) in [5.74, 6) is 2.64. The van der Waals surface area contributed by atoms with Gasteiger partial charge in [0.05, 0.1) is 18.8 Å². The average Bonchev–Trinajstić information content (AvgIpc) is 3.38. The summed E-state index contributed by atoms with van der Waals surface area (Å²) >= 11 is 0. The van der Waals surface area contributed by atoms with Crippen LogP contribution in [0.15, 0.2) is 47.2 Å². The number of hydrogen-bond acceptors (Lipinski definition) is 5. The summed E-state index contributed by atoms with van der Waals surface area (Å²) in [6.07, 6.45) is 5.35. The Morgan fingerprint density at radius 2 is 2.14 bits per heavy atom. The molecule has 29 heavy (non-hydrogen) atoms. The van der Waals surface area contributed by atoms with Crippen molar-refractivity contribution in [2.45, 2.75) is 57.7 Å². The standard InChI is InChI=1S/C21H26N6O2/c1-14(2)19-25-18-9-8-16(13-27(18)26-19)23-21(28)24-17(20-22-10-11-29-20)12-15-6-4-3-5-7-15/h3-7,10-11,14,16-17H,8-9,12-13H2,1-2H3,(H2,23,24,28). The molecule has 0 saturated carbocycles. The maximum atomic E-state index is 12.7. The van der Waals surface area contributed by atoms with Crippen LogP contribution in [0.3, 0.4) is 0 Å². The summed E-state index contributed by atoms with van der Waals surface area (Å²) in [6, 6.07) is 9.40. The molecule has 0 radical (unpaired) electrons. The highest BCUT2D eigenvalue weighted by Crippen LogP contribution is 2.19. The first-order valence-corrected chi connectivity index (χ1v) is 10.0. The van der Waals surface area contributed by atoms with Crippen molar-refractivity contribution in [1.29, 1.82) is 0 Å². The van der Waals surface area contributed by atoms with Crippen LogP contribution in [-0.2, 0) is 19.4 Å². The van der Waals surface area contributed by atoms with Gasteiger partial charge in [-0.2, -0.15) is 5.10 Å². The van der Waals surface area contributed by atoms with E-state index in [4.69, 9.17) is 4.42 Å². The number of aromatic nitrogens is 4. The van der Waals surface area contributed by atoms with Crippen LogP contribution < -0.4 is 10.6 Å². The van der Waals surface area contributed by atoms with E-state index in [1.165, 1.54) is 6.26 Å². The molecule has 2 atom stereocenters. The summed E-state index contributed by atoms with van der Waals surface area (Å²) in [4.78, 5) is 21.5. The highest BCUT2D eigenvalue weighted by atomic mass is 16.3. The molecule has 0 spiro atoms. The quantitative estimate of drug-likeness (QED) is 0.670. The smallest absolute Gasteiger partial charge is 0.315 e. The van der Waals surface area contributed by atoms with Crippen LogP contribution in [0.1, 0.15) is 55.3 Å². The lowest BCUT2D eigenvalue weighted by Gasteiger charge is -2.25. The lowest BCUT2D eigenvalue weighted by molar-refractivity contribution is 0.225. The topological polar surface area (TPSA) is 97.9 Å². The summed E-state index contributed by atoms with van der Waals surface area (Å²) in [6.45, 7) is 4.80. The van der Waals surface area contributed by atoms with E-state index in [1.807, 2.05) is 35.0 Å². The van der Waals surface area contributed by atoms with Crippen LogP contribution in [0.2, 0.25) is 0 Å². The molecule has 0 aliphatic carbocycles. The minimum absolute atomic E-state index is 0.00569. The molecule has 3 aromatic rings. The number of benzene rings is 1. The zero-order valence-electron chi connectivity index (χ0n) is 16.7. The number of hydrogen-bond donors (Lipinski definition) is 2. The van der Waals surface area contributed by atoms with Crippen molar-refractivity contribution in [3.05, 3.63) is 65.9 Å². The van der Waals surface area contributed by atoms with E-state index < -0.39 is 0 Å². The maximum absolute atomic E-state index is 12.7. The molecule has 2 amide bonds. The second-order valence-electron chi connectivity index (χ2n) is 7.69. The summed E-state index contributed by atoms with van der Waals surface area (Å²) in [5.41, 5.74) is 1.10. The second-order valence-corrected chi connectivity index (χ2v) is 7.69. The number of rotatable bonds is 6. The molecule has 4 rings (SSSR count). The van der Waals surface area contributed by atoms with E-state index in [0.29, 0.717) is 24.8 Å². The lowest BCUT2D eigenvalue weighted by Crippen LogP contribution is -2.47. The van der Waals surface area contributed by atoms with Gasteiger partial charge in [-0.25, -0.2) is 19.4 Å². The number of fused-ring (bicyclic) bond motifs is 1. The predicted octanol–water partition coefficient (Wildman–Crippen LogP) is 2.99. The van der Waals surface area contributed by atoms with E-state index in [-0.39, 0.29) is 18.1 Å². The molecule has 0 bridgehead atoms. The Balaban J connectivity index is 1.39. The van der Waals surface area contributed by atoms with E-state index in [2.05, 4.69) is 39.5 Å². The van der Waals surface area contributed by atoms with Gasteiger partial charge in [-0.05, 0) is 12.0 Å². The molecule has 8 heteroatoms. The second kappa shape index (κ2) is 8.46. The van der Waals surface area contributed by atoms with E-state index in [1.54, 1.807) is 6.20 Å². The molecule has 2 unspecified atom stereocenters. The minimum atomic E-state index is -0.342. The van der Waals surface area contributed by atoms with Crippen LogP contribution >= 0.6 is 0 Å². The molecule has 152 valence electrons. The van der Waals surface area contributed by atoms with Crippen molar-refractivity contribution in [3.8, 4) is 0 Å². The number of oxazole rings is 1. The van der Waals surface area contributed by atoms with Crippen molar-refractivity contribution in [3.63, 3.8) is 0 Å². The maximum Gasteiger partial charge on any atom is 0.315 e. The van der Waals surface area contributed by atoms with Crippen LogP contribution in [0.25, 0.3) is 0 Å². The molecule has 0 fully saturated rings. The normalized spacial score (nSPS) is 17.0. The number of aryl methyl sites for hydroxylation is 1. The molecule has 3 heterocycles. The van der Waals surface area contributed by atoms with Gasteiger partial charge < -0.3 is 15.1 Å². The van der Waals surface area contributed by atoms with Gasteiger partial charge in [0.1, 0.15) is 18.1 Å². The van der Waals surface area contributed by atoms with Gasteiger partial charge in [0.25, 0.3) is 0 Å². The van der Waals surface area contributed by atoms with Gasteiger partial charge in [-0.3, -0.25) is 0 Å². The first-order valence-electron chi connectivity index (χ1n) is 10.0. The number of carbonyl (C=O) groups excluding carboxylic acids is 1. The Morgan fingerprint density at radius 3 is 2.86 bits per heavy atom. The van der Waals surface area contributed by atoms with Crippen LogP contribution in [0, 0.1) is 0 Å². The SMILES string of the molecule is CC(C)c1nc2n(n1)CC(NC(=O)NC(Cc1ccccc1)c1ncco1)CC2. The Bertz CT molecular complexity index is 936. The Kier molecular flexibility index (Phi) is 5.59. The Hall–Kier alpha value is -3.16. The molecule has 1 aliphatic rings. The fourth-order valence-electron chi connectivity index (χ4n) is 3.53. The molecular weight excluding hydrogens is 368 g/mol. The molecule has 1 aliphatic heterocycles. The largest absolute Gasteiger partial charge is 0.447 e. The molecule has 1 aromatic carbocycles. The Labute approximate surface area is 169 Å². The highest BCUT2D eigenvalue weighted by Gasteiger charge is 2.25. The van der Waals surface area contributed by atoms with Gasteiger partial charge in [0, 0.05) is 18.8 Å². The van der Waals surface area contributed by atoms with Gasteiger partial charge in [-0.1, -0.05) is 44.2 Å². The van der Waals surface area contributed by atoms with Gasteiger partial charge in [0.2, 0.25) is 5.89 Å². The van der Waals surface area contributed by atoms with Crippen molar-refractivity contribution in [1.82, 2.24) is 30.4 Å². The van der Waals surface area contributed by atoms with E-state index in [9.17, 15) is 4.79 Å². The van der Waals surface area contributed by atoms with Crippen molar-refractivity contribution < 1.29 is 9.21 Å². The highest BCUT2D eigenvalue weighted by molar-refractivity contribution is 5.74. The predicted molar refractivity (Wildman–Crippen MR) is 107 cm³/mol. The number of carbonyl (C=O) groups is 1. The average molecular weight is 394 g/mol. The van der Waals surface area contributed by atoms with E-state index in [0.717, 1.165) is 30.1 Å². The fourth-order valence-corrected chi connectivity index (χ4v) is 3.53. The first-order chi connectivity index (χ1) is 14.1. The van der Waals surface area contributed by atoms with Crippen molar-refractivity contribution in [2.24, 2.45) is 0 Å². The summed E-state index contributed by atoms with van der Waals surface area (Å²) < 4.78 is 7.37. The van der Waals surface area contributed by atoms with Crippen LogP contribution in [0.5, 0.6) is 0 Å². The van der Waals surface area contributed by atoms with Gasteiger partial charge in [-0.15, -0.1) is 0 Å². The number of nitrogens with one attached hydrogen (secondary N) is 2. The monoisotopic (exact) mass is 394 g/mol. The lowest BCUT2D eigenvalue weighted by atomic mass is 10.1. The molecule has 8 nitrogen and oxygen atoms in total. The molecule has 0 saturated heterocycles. The third-order valence-electron chi connectivity index (χ3n) is 5.06.